The quantitative estimate of drug-likeness (QED) is 0.734. The zero-order valence-corrected chi connectivity index (χ0v) is 10.6. The van der Waals surface area contributed by atoms with E-state index < -0.39 is 6.10 Å². The predicted molar refractivity (Wildman–Crippen MR) is 66.7 cm³/mol. The molecule has 1 aromatic rings. The van der Waals surface area contributed by atoms with Crippen molar-refractivity contribution in [3.63, 3.8) is 0 Å². The standard InChI is InChI=1S/C14H21FO2/c1-3-4-5-6-9-17-14-8-7-12(15)10-13(14)11(2)16/h7-8,10-11,16H,3-6,9H2,1-2H3. The van der Waals surface area contributed by atoms with Crippen LogP contribution in [0.2, 0.25) is 0 Å². The van der Waals surface area contributed by atoms with E-state index in [9.17, 15) is 9.50 Å². The van der Waals surface area contributed by atoms with Crippen LogP contribution in [0.4, 0.5) is 4.39 Å². The molecule has 0 heterocycles. The summed E-state index contributed by atoms with van der Waals surface area (Å²) in [6, 6.07) is 4.26. The monoisotopic (exact) mass is 240 g/mol. The molecule has 0 aliphatic heterocycles. The van der Waals surface area contributed by atoms with Gasteiger partial charge in [0, 0.05) is 5.56 Å². The zero-order chi connectivity index (χ0) is 12.7. The molecule has 1 unspecified atom stereocenters. The number of unbranched alkanes of at least 4 members (excludes halogenated alkanes) is 3. The van der Waals surface area contributed by atoms with E-state index >= 15 is 0 Å². The Morgan fingerprint density at radius 2 is 2.06 bits per heavy atom. The second-order valence-electron chi connectivity index (χ2n) is 4.27. The largest absolute Gasteiger partial charge is 0.493 e. The van der Waals surface area contributed by atoms with Gasteiger partial charge in [0.15, 0.2) is 0 Å². The molecule has 0 fully saturated rings. The molecule has 0 bridgehead atoms. The van der Waals surface area contributed by atoms with Crippen LogP contribution in [-0.2, 0) is 0 Å². The average Bonchev–Trinajstić information content (AvgIpc) is 2.30. The van der Waals surface area contributed by atoms with Crippen molar-refractivity contribution < 1.29 is 14.2 Å². The number of hydrogen-bond acceptors (Lipinski definition) is 2. The summed E-state index contributed by atoms with van der Waals surface area (Å²) in [5, 5.41) is 9.52. The van der Waals surface area contributed by atoms with E-state index in [0.29, 0.717) is 17.9 Å². The summed E-state index contributed by atoms with van der Waals surface area (Å²) in [6.07, 6.45) is 3.81. The van der Waals surface area contributed by atoms with Gasteiger partial charge < -0.3 is 9.84 Å². The fourth-order valence-corrected chi connectivity index (χ4v) is 1.69. The molecule has 0 amide bonds. The van der Waals surface area contributed by atoms with E-state index in [-0.39, 0.29) is 5.82 Å². The third kappa shape index (κ3) is 4.73. The number of benzene rings is 1. The smallest absolute Gasteiger partial charge is 0.125 e. The topological polar surface area (TPSA) is 29.5 Å². The molecule has 2 nitrogen and oxygen atoms in total. The lowest BCUT2D eigenvalue weighted by Gasteiger charge is -2.13. The molecule has 0 aliphatic rings. The number of rotatable bonds is 7. The van der Waals surface area contributed by atoms with Gasteiger partial charge in [-0.1, -0.05) is 26.2 Å². The molecule has 1 rings (SSSR count). The summed E-state index contributed by atoms with van der Waals surface area (Å²) in [7, 11) is 0. The molecule has 1 aromatic carbocycles. The third-order valence-corrected chi connectivity index (χ3v) is 2.68. The predicted octanol–water partition coefficient (Wildman–Crippen LogP) is 3.84. The minimum absolute atomic E-state index is 0.348. The van der Waals surface area contributed by atoms with Crippen LogP contribution < -0.4 is 4.74 Å². The van der Waals surface area contributed by atoms with Gasteiger partial charge >= 0.3 is 0 Å². The Hall–Kier alpha value is -1.09. The van der Waals surface area contributed by atoms with Crippen molar-refractivity contribution in [1.29, 1.82) is 0 Å². The highest BCUT2D eigenvalue weighted by atomic mass is 19.1. The van der Waals surface area contributed by atoms with Crippen molar-refractivity contribution in [2.75, 3.05) is 6.61 Å². The molecule has 1 atom stereocenters. The highest BCUT2D eigenvalue weighted by molar-refractivity contribution is 5.35. The average molecular weight is 240 g/mol. The molecule has 0 saturated carbocycles. The van der Waals surface area contributed by atoms with Crippen LogP contribution in [0.1, 0.15) is 51.2 Å². The summed E-state index contributed by atoms with van der Waals surface area (Å²) in [5.74, 6) is 0.233. The van der Waals surface area contributed by atoms with Crippen molar-refractivity contribution in [3.8, 4) is 5.75 Å². The molecule has 1 N–H and O–H groups in total. The molecule has 0 saturated heterocycles. The number of halogens is 1. The minimum Gasteiger partial charge on any atom is -0.493 e. The van der Waals surface area contributed by atoms with Gasteiger partial charge in [-0.05, 0) is 31.5 Å². The number of hydrogen-bond donors (Lipinski definition) is 1. The molecule has 3 heteroatoms. The minimum atomic E-state index is -0.712. The molecule has 17 heavy (non-hydrogen) atoms. The van der Waals surface area contributed by atoms with Crippen molar-refractivity contribution in [3.05, 3.63) is 29.6 Å². The van der Waals surface area contributed by atoms with Crippen molar-refractivity contribution >= 4 is 0 Å². The van der Waals surface area contributed by atoms with Crippen LogP contribution in [0, 0.1) is 5.82 Å². The van der Waals surface area contributed by atoms with Gasteiger partial charge in [-0.25, -0.2) is 4.39 Å². The Labute approximate surface area is 102 Å². The Bertz CT molecular complexity index is 337. The first-order valence-electron chi connectivity index (χ1n) is 6.25. The van der Waals surface area contributed by atoms with Crippen LogP contribution in [-0.4, -0.2) is 11.7 Å². The first-order valence-corrected chi connectivity index (χ1v) is 6.25. The lowest BCUT2D eigenvalue weighted by molar-refractivity contribution is 0.190. The maximum Gasteiger partial charge on any atom is 0.125 e. The molecule has 0 aromatic heterocycles. The van der Waals surface area contributed by atoms with E-state index in [2.05, 4.69) is 6.92 Å². The van der Waals surface area contributed by atoms with E-state index in [1.807, 2.05) is 0 Å². The van der Waals surface area contributed by atoms with Crippen LogP contribution >= 0.6 is 0 Å². The normalized spacial score (nSPS) is 12.5. The van der Waals surface area contributed by atoms with Crippen LogP contribution in [0.25, 0.3) is 0 Å². The van der Waals surface area contributed by atoms with E-state index in [4.69, 9.17) is 4.74 Å². The second-order valence-corrected chi connectivity index (χ2v) is 4.27. The molecular formula is C14H21FO2. The summed E-state index contributed by atoms with van der Waals surface area (Å²) < 4.78 is 18.6. The molecular weight excluding hydrogens is 219 g/mol. The Balaban J connectivity index is 2.52. The SMILES string of the molecule is CCCCCCOc1ccc(F)cc1C(C)O. The van der Waals surface area contributed by atoms with Gasteiger partial charge in [-0.2, -0.15) is 0 Å². The first kappa shape index (κ1) is 14.0. The number of aliphatic hydroxyl groups excluding tert-OH is 1. The van der Waals surface area contributed by atoms with Gasteiger partial charge in [0.05, 0.1) is 12.7 Å². The van der Waals surface area contributed by atoms with Gasteiger partial charge in [-0.3, -0.25) is 0 Å². The summed E-state index contributed by atoms with van der Waals surface area (Å²) in [5.41, 5.74) is 0.514. The summed E-state index contributed by atoms with van der Waals surface area (Å²) in [4.78, 5) is 0. The van der Waals surface area contributed by atoms with Crippen LogP contribution in [0.3, 0.4) is 0 Å². The zero-order valence-electron chi connectivity index (χ0n) is 10.6. The van der Waals surface area contributed by atoms with Crippen molar-refractivity contribution in [2.45, 2.75) is 45.6 Å². The van der Waals surface area contributed by atoms with Gasteiger partial charge in [0.1, 0.15) is 11.6 Å². The molecule has 0 radical (unpaired) electrons. The summed E-state index contributed by atoms with van der Waals surface area (Å²) in [6.45, 7) is 4.39. The second kappa shape index (κ2) is 7.28. The lowest BCUT2D eigenvalue weighted by atomic mass is 10.1. The highest BCUT2D eigenvalue weighted by Crippen LogP contribution is 2.26. The highest BCUT2D eigenvalue weighted by Gasteiger charge is 2.10. The first-order chi connectivity index (χ1) is 8.15. The maximum atomic E-state index is 13.0. The molecule has 96 valence electrons. The number of ether oxygens (including phenoxy) is 1. The third-order valence-electron chi connectivity index (χ3n) is 2.68. The maximum absolute atomic E-state index is 13.0. The fourth-order valence-electron chi connectivity index (χ4n) is 1.69. The van der Waals surface area contributed by atoms with E-state index in [1.165, 1.54) is 25.0 Å². The summed E-state index contributed by atoms with van der Waals surface area (Å²) >= 11 is 0. The van der Waals surface area contributed by atoms with E-state index in [0.717, 1.165) is 12.8 Å². The van der Waals surface area contributed by atoms with Crippen LogP contribution in [0.5, 0.6) is 5.75 Å². The fraction of sp³-hybridized carbons (Fsp3) is 0.571. The molecule has 0 aliphatic carbocycles. The number of aliphatic hydroxyl groups is 1. The molecule has 0 spiro atoms. The Morgan fingerprint density at radius 3 is 2.71 bits per heavy atom. The van der Waals surface area contributed by atoms with Gasteiger partial charge in [-0.15, -0.1) is 0 Å². The Morgan fingerprint density at radius 1 is 1.29 bits per heavy atom. The Kier molecular flexibility index (Phi) is 5.98. The van der Waals surface area contributed by atoms with Gasteiger partial charge in [0.2, 0.25) is 0 Å². The van der Waals surface area contributed by atoms with Crippen LogP contribution in [0.15, 0.2) is 18.2 Å². The lowest BCUT2D eigenvalue weighted by Crippen LogP contribution is -2.02. The van der Waals surface area contributed by atoms with Gasteiger partial charge in [0.25, 0.3) is 0 Å². The van der Waals surface area contributed by atoms with Crippen molar-refractivity contribution in [2.24, 2.45) is 0 Å². The van der Waals surface area contributed by atoms with Crippen molar-refractivity contribution in [1.82, 2.24) is 0 Å². The van der Waals surface area contributed by atoms with E-state index in [1.54, 1.807) is 13.0 Å².